The van der Waals surface area contributed by atoms with Crippen LogP contribution in [0.5, 0.6) is 5.75 Å². The minimum atomic E-state index is 0.352. The normalized spacial score (nSPS) is 9.79. The zero-order chi connectivity index (χ0) is 13.5. The summed E-state index contributed by atoms with van der Waals surface area (Å²) in [4.78, 5) is 4.16. The Balaban J connectivity index is 2.03. The van der Waals surface area contributed by atoms with Gasteiger partial charge in [0.15, 0.2) is 5.82 Å². The van der Waals surface area contributed by atoms with Crippen molar-refractivity contribution in [3.05, 3.63) is 42.0 Å². The Hall–Kier alpha value is -2.32. The van der Waals surface area contributed by atoms with E-state index in [1.165, 1.54) is 6.33 Å². The van der Waals surface area contributed by atoms with Gasteiger partial charge in [-0.3, -0.25) is 0 Å². The van der Waals surface area contributed by atoms with Gasteiger partial charge in [0, 0.05) is 12.1 Å². The van der Waals surface area contributed by atoms with Gasteiger partial charge in [0.2, 0.25) is 0 Å². The van der Waals surface area contributed by atoms with Crippen molar-refractivity contribution in [3.63, 3.8) is 0 Å². The van der Waals surface area contributed by atoms with Gasteiger partial charge in [-0.15, -0.1) is 0 Å². The average Bonchev–Trinajstić information content (AvgIpc) is 2.91. The first kappa shape index (κ1) is 13.1. The number of aryl methyl sites for hydroxylation is 1. The molecule has 5 nitrogen and oxygen atoms in total. The van der Waals surface area contributed by atoms with E-state index in [-0.39, 0.29) is 0 Å². The van der Waals surface area contributed by atoms with Gasteiger partial charge in [0.25, 0.3) is 0 Å². The Labute approximate surface area is 112 Å². The lowest BCUT2D eigenvalue weighted by atomic mass is 10.2. The highest BCUT2D eigenvalue weighted by atomic mass is 16.5. The Kier molecular flexibility index (Phi) is 4.54. The van der Waals surface area contributed by atoms with E-state index in [1.54, 1.807) is 4.68 Å². The summed E-state index contributed by atoms with van der Waals surface area (Å²) in [6, 6.07) is 7.60. The van der Waals surface area contributed by atoms with Gasteiger partial charge in [-0.2, -0.15) is 5.10 Å². The third kappa shape index (κ3) is 3.57. The predicted molar refractivity (Wildman–Crippen MR) is 72.4 cm³/mol. The van der Waals surface area contributed by atoms with Crippen LogP contribution in [0.4, 0.5) is 0 Å². The molecule has 0 amide bonds. The van der Waals surface area contributed by atoms with Crippen LogP contribution < -0.4 is 10.5 Å². The number of benzene rings is 1. The van der Waals surface area contributed by atoms with Crippen LogP contribution in [0.1, 0.15) is 18.3 Å². The second kappa shape index (κ2) is 6.57. The fraction of sp³-hybridized carbons (Fsp3) is 0.286. The Bertz CT molecular complexity index is 595. The first-order valence-electron chi connectivity index (χ1n) is 6.12. The minimum Gasteiger partial charge on any atom is -0.486 e. The highest BCUT2D eigenvalue weighted by molar-refractivity contribution is 5.39. The van der Waals surface area contributed by atoms with Crippen molar-refractivity contribution in [3.8, 4) is 17.6 Å². The van der Waals surface area contributed by atoms with E-state index in [9.17, 15) is 0 Å². The zero-order valence-corrected chi connectivity index (χ0v) is 10.8. The fourth-order valence-corrected chi connectivity index (χ4v) is 1.63. The third-order valence-corrected chi connectivity index (χ3v) is 2.53. The first-order chi connectivity index (χ1) is 9.33. The molecule has 98 valence electrons. The van der Waals surface area contributed by atoms with Crippen molar-refractivity contribution in [2.75, 3.05) is 6.54 Å². The van der Waals surface area contributed by atoms with Crippen LogP contribution >= 0.6 is 0 Å². The van der Waals surface area contributed by atoms with Crippen molar-refractivity contribution in [2.24, 2.45) is 5.73 Å². The molecular weight excluding hydrogens is 240 g/mol. The number of ether oxygens (including phenoxy) is 1. The van der Waals surface area contributed by atoms with Crippen LogP contribution in [-0.4, -0.2) is 21.3 Å². The van der Waals surface area contributed by atoms with Gasteiger partial charge in [-0.25, -0.2) is 9.67 Å². The van der Waals surface area contributed by atoms with Crippen molar-refractivity contribution in [1.82, 2.24) is 14.8 Å². The minimum absolute atomic E-state index is 0.352. The quantitative estimate of drug-likeness (QED) is 0.834. The van der Waals surface area contributed by atoms with E-state index < -0.39 is 0 Å². The summed E-state index contributed by atoms with van der Waals surface area (Å²) in [5.74, 6) is 7.35. The first-order valence-corrected chi connectivity index (χ1v) is 6.12. The Morgan fingerprint density at radius 3 is 3.11 bits per heavy atom. The highest BCUT2D eigenvalue weighted by Gasteiger charge is 2.03. The maximum Gasteiger partial charge on any atom is 0.164 e. The van der Waals surface area contributed by atoms with Crippen molar-refractivity contribution < 1.29 is 4.74 Å². The average molecular weight is 256 g/mol. The van der Waals surface area contributed by atoms with Crippen molar-refractivity contribution >= 4 is 0 Å². The summed E-state index contributed by atoms with van der Waals surface area (Å²) in [5, 5.41) is 4.09. The van der Waals surface area contributed by atoms with E-state index in [2.05, 4.69) is 21.9 Å². The van der Waals surface area contributed by atoms with Crippen LogP contribution in [0, 0.1) is 11.8 Å². The third-order valence-electron chi connectivity index (χ3n) is 2.53. The molecule has 2 N–H and O–H groups in total. The van der Waals surface area contributed by atoms with Crippen LogP contribution in [0.15, 0.2) is 30.6 Å². The molecule has 1 heterocycles. The highest BCUT2D eigenvalue weighted by Crippen LogP contribution is 2.14. The summed E-state index contributed by atoms with van der Waals surface area (Å²) in [6.07, 6.45) is 1.53. The standard InChI is InChI=1S/C14H16N4O/c1-2-18-14(16-11-17-18)10-19-13-7-3-5-12(9-13)6-4-8-15/h3,5,7,9,11H,2,8,10,15H2,1H3. The number of hydrogen-bond acceptors (Lipinski definition) is 4. The van der Waals surface area contributed by atoms with Crippen LogP contribution in [0.25, 0.3) is 0 Å². The second-order valence-corrected chi connectivity index (χ2v) is 3.81. The molecule has 0 aliphatic rings. The molecule has 5 heteroatoms. The van der Waals surface area contributed by atoms with Crippen LogP contribution in [0.2, 0.25) is 0 Å². The number of nitrogens with two attached hydrogens (primary N) is 1. The molecule has 0 saturated heterocycles. The van der Waals surface area contributed by atoms with Gasteiger partial charge >= 0.3 is 0 Å². The largest absolute Gasteiger partial charge is 0.486 e. The number of aromatic nitrogens is 3. The number of rotatable bonds is 4. The van der Waals surface area contributed by atoms with Crippen molar-refractivity contribution in [1.29, 1.82) is 0 Å². The molecule has 0 radical (unpaired) electrons. The molecule has 1 aromatic heterocycles. The van der Waals surface area contributed by atoms with Gasteiger partial charge in [-0.1, -0.05) is 17.9 Å². The molecule has 0 fully saturated rings. The Morgan fingerprint density at radius 1 is 1.42 bits per heavy atom. The van der Waals surface area contributed by atoms with Crippen LogP contribution in [0.3, 0.4) is 0 Å². The number of nitrogens with zero attached hydrogens (tertiary/aromatic N) is 3. The molecule has 0 spiro atoms. The summed E-state index contributed by atoms with van der Waals surface area (Å²) < 4.78 is 7.49. The molecule has 0 bridgehead atoms. The molecule has 0 aliphatic carbocycles. The SMILES string of the molecule is CCn1ncnc1COc1cccc(C#CCN)c1. The fourth-order valence-electron chi connectivity index (χ4n) is 1.63. The topological polar surface area (TPSA) is 66.0 Å². The summed E-state index contributed by atoms with van der Waals surface area (Å²) in [6.45, 7) is 3.54. The summed E-state index contributed by atoms with van der Waals surface area (Å²) in [5.41, 5.74) is 6.24. The lowest BCUT2D eigenvalue weighted by Crippen LogP contribution is -2.07. The van der Waals surface area contributed by atoms with E-state index in [4.69, 9.17) is 10.5 Å². The predicted octanol–water partition coefficient (Wildman–Crippen LogP) is 1.19. The maximum absolute atomic E-state index is 5.69. The van der Waals surface area contributed by atoms with Gasteiger partial charge < -0.3 is 10.5 Å². The molecule has 2 rings (SSSR count). The molecule has 0 saturated carbocycles. The van der Waals surface area contributed by atoms with E-state index in [0.717, 1.165) is 23.7 Å². The van der Waals surface area contributed by atoms with Crippen molar-refractivity contribution in [2.45, 2.75) is 20.1 Å². The monoisotopic (exact) mass is 256 g/mol. The number of hydrogen-bond donors (Lipinski definition) is 1. The smallest absolute Gasteiger partial charge is 0.164 e. The van der Waals surface area contributed by atoms with Gasteiger partial charge in [-0.05, 0) is 25.1 Å². The molecule has 0 aliphatic heterocycles. The summed E-state index contributed by atoms with van der Waals surface area (Å²) >= 11 is 0. The Morgan fingerprint density at radius 2 is 2.32 bits per heavy atom. The molecule has 1 aromatic carbocycles. The molecule has 2 aromatic rings. The summed E-state index contributed by atoms with van der Waals surface area (Å²) in [7, 11) is 0. The molecular formula is C14H16N4O. The zero-order valence-electron chi connectivity index (χ0n) is 10.8. The van der Waals surface area contributed by atoms with Crippen LogP contribution in [-0.2, 0) is 13.2 Å². The second-order valence-electron chi connectivity index (χ2n) is 3.81. The molecule has 19 heavy (non-hydrogen) atoms. The van der Waals surface area contributed by atoms with Gasteiger partial charge in [0.1, 0.15) is 18.7 Å². The maximum atomic E-state index is 5.69. The molecule has 0 atom stereocenters. The lowest BCUT2D eigenvalue weighted by molar-refractivity contribution is 0.287. The lowest BCUT2D eigenvalue weighted by Gasteiger charge is -2.06. The molecule has 0 unspecified atom stereocenters. The van der Waals surface area contributed by atoms with E-state index in [0.29, 0.717) is 13.2 Å². The van der Waals surface area contributed by atoms with E-state index in [1.807, 2.05) is 31.2 Å². The van der Waals surface area contributed by atoms with E-state index >= 15 is 0 Å². The van der Waals surface area contributed by atoms with Gasteiger partial charge in [0.05, 0.1) is 6.54 Å².